The minimum atomic E-state index is -3.55. The molecule has 1 aromatic heterocycles. The summed E-state index contributed by atoms with van der Waals surface area (Å²) in [5, 5.41) is 7.49. The molecule has 2 aromatic rings. The van der Waals surface area contributed by atoms with Gasteiger partial charge in [0.1, 0.15) is 6.54 Å². The lowest BCUT2D eigenvalue weighted by molar-refractivity contribution is -0.116. The third-order valence-corrected chi connectivity index (χ3v) is 6.79. The zero-order valence-corrected chi connectivity index (χ0v) is 16.7. The summed E-state index contributed by atoms with van der Waals surface area (Å²) in [5.74, 6) is -0.277. The number of aryl methyl sites for hydroxylation is 1. The molecule has 146 valence electrons. The van der Waals surface area contributed by atoms with E-state index in [0.29, 0.717) is 42.7 Å². The van der Waals surface area contributed by atoms with Crippen LogP contribution in [0.25, 0.3) is 0 Å². The van der Waals surface area contributed by atoms with Crippen LogP contribution in [-0.4, -0.2) is 54.7 Å². The number of carbonyl (C=O) groups is 1. The summed E-state index contributed by atoms with van der Waals surface area (Å²) >= 11 is 6.08. The van der Waals surface area contributed by atoms with E-state index in [2.05, 4.69) is 10.4 Å². The molecule has 0 spiro atoms. The predicted octanol–water partition coefficient (Wildman–Crippen LogP) is 1.81. The molecule has 0 bridgehead atoms. The van der Waals surface area contributed by atoms with Gasteiger partial charge in [-0.05, 0) is 38.1 Å². The first-order valence-electron chi connectivity index (χ1n) is 8.46. The molecule has 0 atom stereocenters. The van der Waals surface area contributed by atoms with E-state index >= 15 is 0 Å². The number of halogens is 1. The highest BCUT2D eigenvalue weighted by molar-refractivity contribution is 7.89. The van der Waals surface area contributed by atoms with Crippen molar-refractivity contribution in [1.29, 1.82) is 0 Å². The minimum absolute atomic E-state index is 0.0211. The number of anilines is 1. The van der Waals surface area contributed by atoms with Crippen molar-refractivity contribution in [3.8, 4) is 0 Å². The first-order chi connectivity index (χ1) is 12.8. The molecule has 0 radical (unpaired) electrons. The molecule has 1 saturated heterocycles. The van der Waals surface area contributed by atoms with E-state index in [1.54, 1.807) is 26.0 Å². The Bertz CT molecular complexity index is 935. The summed E-state index contributed by atoms with van der Waals surface area (Å²) in [4.78, 5) is 12.4. The zero-order valence-electron chi connectivity index (χ0n) is 15.1. The molecule has 1 N–H and O–H groups in total. The number of amides is 1. The van der Waals surface area contributed by atoms with Gasteiger partial charge in [0.15, 0.2) is 0 Å². The smallest absolute Gasteiger partial charge is 0.246 e. The van der Waals surface area contributed by atoms with Gasteiger partial charge in [0.25, 0.3) is 0 Å². The Balaban J connectivity index is 1.66. The Morgan fingerprint density at radius 3 is 2.41 bits per heavy atom. The van der Waals surface area contributed by atoms with Gasteiger partial charge in [0, 0.05) is 18.8 Å². The van der Waals surface area contributed by atoms with Gasteiger partial charge in [-0.2, -0.15) is 9.40 Å². The second kappa shape index (κ2) is 7.97. The Labute approximate surface area is 163 Å². The van der Waals surface area contributed by atoms with Crippen LogP contribution in [0.4, 0.5) is 5.69 Å². The van der Waals surface area contributed by atoms with E-state index in [0.717, 1.165) is 5.69 Å². The van der Waals surface area contributed by atoms with Crippen molar-refractivity contribution in [2.24, 2.45) is 0 Å². The van der Waals surface area contributed by atoms with Crippen LogP contribution in [0.15, 0.2) is 29.2 Å². The molecule has 0 unspecified atom stereocenters. The van der Waals surface area contributed by atoms with Gasteiger partial charge in [-0.15, -0.1) is 0 Å². The topological polar surface area (TPSA) is 93.5 Å². The Morgan fingerprint density at radius 2 is 1.85 bits per heavy atom. The summed E-state index contributed by atoms with van der Waals surface area (Å²) in [6.45, 7) is 5.05. The van der Waals surface area contributed by atoms with Crippen molar-refractivity contribution in [1.82, 2.24) is 14.1 Å². The lowest BCUT2D eigenvalue weighted by Gasteiger charge is -2.26. The van der Waals surface area contributed by atoms with Crippen LogP contribution in [0.3, 0.4) is 0 Å². The minimum Gasteiger partial charge on any atom is -0.379 e. The Kier molecular flexibility index (Phi) is 5.85. The molecule has 27 heavy (non-hydrogen) atoms. The Hall–Kier alpha value is -1.94. The van der Waals surface area contributed by atoms with Crippen molar-refractivity contribution in [3.05, 3.63) is 40.7 Å². The van der Waals surface area contributed by atoms with Crippen LogP contribution < -0.4 is 5.32 Å². The van der Waals surface area contributed by atoms with E-state index in [9.17, 15) is 13.2 Å². The molecule has 0 saturated carbocycles. The maximum absolute atomic E-state index is 12.6. The molecule has 2 heterocycles. The average Bonchev–Trinajstić information content (AvgIpc) is 2.89. The van der Waals surface area contributed by atoms with Gasteiger partial charge in [-0.1, -0.05) is 11.6 Å². The molecule has 3 rings (SSSR count). The number of hydrogen-bond donors (Lipinski definition) is 1. The number of aromatic nitrogens is 2. The van der Waals surface area contributed by atoms with Crippen LogP contribution in [0.1, 0.15) is 11.4 Å². The van der Waals surface area contributed by atoms with E-state index in [-0.39, 0.29) is 17.3 Å². The summed E-state index contributed by atoms with van der Waals surface area (Å²) in [7, 11) is -3.55. The highest BCUT2D eigenvalue weighted by Gasteiger charge is 2.26. The number of sulfonamides is 1. The third-order valence-electron chi connectivity index (χ3n) is 4.33. The number of nitrogens with zero attached hydrogens (tertiary/aromatic N) is 3. The van der Waals surface area contributed by atoms with Crippen LogP contribution >= 0.6 is 11.6 Å². The third kappa shape index (κ3) is 4.32. The zero-order chi connectivity index (χ0) is 19.6. The number of benzene rings is 1. The fraction of sp³-hybridized carbons (Fsp3) is 0.412. The molecule has 10 heteroatoms. The largest absolute Gasteiger partial charge is 0.379 e. The number of nitrogens with one attached hydrogen (secondary N) is 1. The fourth-order valence-electron chi connectivity index (χ4n) is 2.81. The number of morpholine rings is 1. The van der Waals surface area contributed by atoms with Crippen molar-refractivity contribution in [3.63, 3.8) is 0 Å². The van der Waals surface area contributed by atoms with E-state index in [4.69, 9.17) is 16.3 Å². The highest BCUT2D eigenvalue weighted by Crippen LogP contribution is 2.20. The van der Waals surface area contributed by atoms with Crippen molar-refractivity contribution in [2.75, 3.05) is 31.6 Å². The molecular formula is C17H21ClN4O4S. The average molecular weight is 413 g/mol. The lowest BCUT2D eigenvalue weighted by atomic mass is 10.3. The lowest BCUT2D eigenvalue weighted by Crippen LogP contribution is -2.40. The number of hydrogen-bond acceptors (Lipinski definition) is 5. The molecule has 1 aliphatic rings. The molecule has 1 amide bonds. The van der Waals surface area contributed by atoms with E-state index in [1.807, 2.05) is 0 Å². The maximum atomic E-state index is 12.6. The van der Waals surface area contributed by atoms with Gasteiger partial charge >= 0.3 is 0 Å². The standard InChI is InChI=1S/C17H21ClN4O4S/c1-12-17(18)13(2)22(20-12)11-16(23)19-14-3-5-15(6-4-14)27(24,25)21-7-9-26-10-8-21/h3-6H,7-11H2,1-2H3,(H,19,23). The molecule has 0 aliphatic carbocycles. The maximum Gasteiger partial charge on any atom is 0.246 e. The van der Waals surface area contributed by atoms with Crippen molar-refractivity contribution in [2.45, 2.75) is 25.3 Å². The van der Waals surface area contributed by atoms with Crippen LogP contribution in [0.5, 0.6) is 0 Å². The molecule has 1 aromatic carbocycles. The molecule has 8 nitrogen and oxygen atoms in total. The van der Waals surface area contributed by atoms with Crippen molar-refractivity contribution >= 4 is 33.2 Å². The number of ether oxygens (including phenoxy) is 1. The van der Waals surface area contributed by atoms with Gasteiger partial charge in [-0.3, -0.25) is 9.48 Å². The second-order valence-corrected chi connectivity index (χ2v) is 8.55. The van der Waals surface area contributed by atoms with Gasteiger partial charge in [0.05, 0.1) is 34.5 Å². The number of rotatable bonds is 5. The number of carbonyl (C=O) groups excluding carboxylic acids is 1. The van der Waals surface area contributed by atoms with Crippen LogP contribution in [-0.2, 0) is 26.1 Å². The van der Waals surface area contributed by atoms with Gasteiger partial charge < -0.3 is 10.1 Å². The first kappa shape index (κ1) is 19.8. The van der Waals surface area contributed by atoms with E-state index in [1.165, 1.54) is 21.1 Å². The van der Waals surface area contributed by atoms with Gasteiger partial charge in [0.2, 0.25) is 15.9 Å². The molecule has 1 aliphatic heterocycles. The van der Waals surface area contributed by atoms with Crippen molar-refractivity contribution < 1.29 is 17.9 Å². The summed E-state index contributed by atoms with van der Waals surface area (Å²) < 4.78 is 33.3. The van der Waals surface area contributed by atoms with Crippen LogP contribution in [0.2, 0.25) is 5.02 Å². The summed E-state index contributed by atoms with van der Waals surface area (Å²) in [5.41, 5.74) is 1.89. The van der Waals surface area contributed by atoms with Gasteiger partial charge in [-0.25, -0.2) is 8.42 Å². The van der Waals surface area contributed by atoms with E-state index < -0.39 is 10.0 Å². The normalized spacial score (nSPS) is 15.7. The first-order valence-corrected chi connectivity index (χ1v) is 10.3. The highest BCUT2D eigenvalue weighted by atomic mass is 35.5. The fourth-order valence-corrected chi connectivity index (χ4v) is 4.36. The summed E-state index contributed by atoms with van der Waals surface area (Å²) in [6, 6.07) is 6.11. The summed E-state index contributed by atoms with van der Waals surface area (Å²) in [6.07, 6.45) is 0. The quantitative estimate of drug-likeness (QED) is 0.808. The van der Waals surface area contributed by atoms with Crippen LogP contribution in [0, 0.1) is 13.8 Å². The Morgan fingerprint density at radius 1 is 1.22 bits per heavy atom. The monoisotopic (exact) mass is 412 g/mol. The SMILES string of the molecule is Cc1nn(CC(=O)Nc2ccc(S(=O)(=O)N3CCOCC3)cc2)c(C)c1Cl. The predicted molar refractivity (Wildman–Crippen MR) is 101 cm³/mol. The second-order valence-electron chi connectivity index (χ2n) is 6.23. The molecule has 1 fully saturated rings. The molecular weight excluding hydrogens is 392 g/mol.